The largest absolute Gasteiger partial charge is 0.274 e. The quantitative estimate of drug-likeness (QED) is 0.607. The molecule has 0 saturated heterocycles. The summed E-state index contributed by atoms with van der Waals surface area (Å²) in [6.07, 6.45) is 1.59. The molecule has 16 heavy (non-hydrogen) atoms. The lowest BCUT2D eigenvalue weighted by molar-refractivity contribution is 0.173. The Bertz CT molecular complexity index is 480. The van der Waals surface area contributed by atoms with E-state index in [-0.39, 0.29) is 0 Å². The smallest absolute Gasteiger partial charge is 0.0571 e. The predicted octanol–water partition coefficient (Wildman–Crippen LogP) is 2.67. The summed E-state index contributed by atoms with van der Waals surface area (Å²) in [7, 11) is 0. The Hall–Kier alpha value is -2.13. The number of benzene rings is 2. The minimum Gasteiger partial charge on any atom is -0.274 e. The fraction of sp³-hybridized carbons (Fsp3) is 0. The Balaban J connectivity index is 2.45. The summed E-state index contributed by atoms with van der Waals surface area (Å²) in [5, 5.41) is 12.0. The lowest BCUT2D eigenvalue weighted by Crippen LogP contribution is -1.97. The fourth-order valence-corrected chi connectivity index (χ4v) is 1.59. The minimum absolute atomic E-state index is 0.954. The standard InChI is InChI=1S/C13H12N2O/c16-15-14-10-12-8-4-5-9-13(12)11-6-2-1-3-7-11/h1-10,15-16H. The molecule has 2 N–H and O–H groups in total. The zero-order chi connectivity index (χ0) is 11.2. The molecule has 0 heterocycles. The molecule has 2 rings (SSSR count). The van der Waals surface area contributed by atoms with Crippen molar-refractivity contribution in [3.05, 3.63) is 60.2 Å². The van der Waals surface area contributed by atoms with Crippen LogP contribution in [0.1, 0.15) is 5.56 Å². The molecule has 0 atom stereocenters. The van der Waals surface area contributed by atoms with E-state index in [4.69, 9.17) is 5.21 Å². The van der Waals surface area contributed by atoms with Gasteiger partial charge in [0.15, 0.2) is 0 Å². The number of rotatable bonds is 3. The summed E-state index contributed by atoms with van der Waals surface area (Å²) in [4.78, 5) is 0. The highest BCUT2D eigenvalue weighted by atomic mass is 16.5. The van der Waals surface area contributed by atoms with Crippen LogP contribution >= 0.6 is 0 Å². The van der Waals surface area contributed by atoms with E-state index in [0.29, 0.717) is 0 Å². The van der Waals surface area contributed by atoms with E-state index in [1.807, 2.05) is 54.6 Å². The van der Waals surface area contributed by atoms with Gasteiger partial charge in [-0.3, -0.25) is 5.21 Å². The fourth-order valence-electron chi connectivity index (χ4n) is 1.59. The molecule has 0 aliphatic rings. The molecule has 0 aromatic heterocycles. The van der Waals surface area contributed by atoms with Crippen molar-refractivity contribution < 1.29 is 5.21 Å². The highest BCUT2D eigenvalue weighted by Gasteiger charge is 2.00. The molecule has 0 unspecified atom stereocenters. The van der Waals surface area contributed by atoms with Crippen LogP contribution in [0.4, 0.5) is 0 Å². The summed E-state index contributed by atoms with van der Waals surface area (Å²) in [5.41, 5.74) is 4.93. The van der Waals surface area contributed by atoms with Gasteiger partial charge in [0.1, 0.15) is 0 Å². The third-order valence-electron chi connectivity index (χ3n) is 2.31. The molecule has 3 nitrogen and oxygen atoms in total. The molecule has 0 saturated carbocycles. The van der Waals surface area contributed by atoms with Crippen LogP contribution in [0.15, 0.2) is 59.7 Å². The summed E-state index contributed by atoms with van der Waals surface area (Å²) in [6.45, 7) is 0. The van der Waals surface area contributed by atoms with Gasteiger partial charge < -0.3 is 0 Å². The maximum absolute atomic E-state index is 8.44. The van der Waals surface area contributed by atoms with Crippen LogP contribution in [0.2, 0.25) is 0 Å². The van der Waals surface area contributed by atoms with Gasteiger partial charge >= 0.3 is 0 Å². The van der Waals surface area contributed by atoms with Crippen LogP contribution in [0.5, 0.6) is 0 Å². The molecular weight excluding hydrogens is 200 g/mol. The van der Waals surface area contributed by atoms with E-state index in [2.05, 4.69) is 5.10 Å². The van der Waals surface area contributed by atoms with E-state index in [1.165, 1.54) is 0 Å². The van der Waals surface area contributed by atoms with Crippen LogP contribution in [0, 0.1) is 0 Å². The number of hydrogen-bond acceptors (Lipinski definition) is 3. The van der Waals surface area contributed by atoms with Crippen LogP contribution in [-0.2, 0) is 0 Å². The van der Waals surface area contributed by atoms with Gasteiger partial charge in [0, 0.05) is 5.56 Å². The monoisotopic (exact) mass is 212 g/mol. The first-order chi connectivity index (χ1) is 7.92. The topological polar surface area (TPSA) is 44.6 Å². The number of hydrogen-bond donors (Lipinski definition) is 2. The van der Waals surface area contributed by atoms with Crippen molar-refractivity contribution in [2.45, 2.75) is 0 Å². The summed E-state index contributed by atoms with van der Waals surface area (Å²) >= 11 is 0. The van der Waals surface area contributed by atoms with Gasteiger partial charge in [-0.1, -0.05) is 54.6 Å². The average molecular weight is 212 g/mol. The number of hydrazone groups is 1. The molecule has 3 heteroatoms. The maximum atomic E-state index is 8.44. The second-order valence-electron chi connectivity index (χ2n) is 3.31. The third-order valence-corrected chi connectivity index (χ3v) is 2.31. The lowest BCUT2D eigenvalue weighted by Gasteiger charge is -2.04. The summed E-state index contributed by atoms with van der Waals surface area (Å²) in [6, 6.07) is 17.9. The van der Waals surface area contributed by atoms with Gasteiger partial charge in [-0.2, -0.15) is 10.7 Å². The van der Waals surface area contributed by atoms with Gasteiger partial charge in [0.25, 0.3) is 0 Å². The first kappa shape index (κ1) is 10.4. The normalized spacial score (nSPS) is 10.6. The Morgan fingerprint density at radius 3 is 2.38 bits per heavy atom. The van der Waals surface area contributed by atoms with E-state index in [0.717, 1.165) is 16.7 Å². The van der Waals surface area contributed by atoms with Gasteiger partial charge in [-0.15, -0.1) is 0 Å². The number of nitrogens with zero attached hydrogens (tertiary/aromatic N) is 1. The number of nitrogens with one attached hydrogen (secondary N) is 1. The zero-order valence-electron chi connectivity index (χ0n) is 8.67. The minimum atomic E-state index is 0.954. The van der Waals surface area contributed by atoms with Crippen molar-refractivity contribution in [3.63, 3.8) is 0 Å². The Morgan fingerprint density at radius 1 is 0.938 bits per heavy atom. The summed E-state index contributed by atoms with van der Waals surface area (Å²) in [5.74, 6) is 0. The predicted molar refractivity (Wildman–Crippen MR) is 64.4 cm³/mol. The average Bonchev–Trinajstić information content (AvgIpc) is 2.38. The Kier molecular flexibility index (Phi) is 3.31. The molecule has 2 aromatic rings. The lowest BCUT2D eigenvalue weighted by atomic mass is 10.0. The van der Waals surface area contributed by atoms with E-state index >= 15 is 0 Å². The molecule has 0 radical (unpaired) electrons. The highest BCUT2D eigenvalue weighted by Crippen LogP contribution is 2.21. The summed E-state index contributed by atoms with van der Waals surface area (Å²) < 4.78 is 0. The van der Waals surface area contributed by atoms with Crippen LogP contribution in [0.3, 0.4) is 0 Å². The van der Waals surface area contributed by atoms with Gasteiger partial charge in [-0.05, 0) is 11.1 Å². The van der Waals surface area contributed by atoms with Crippen molar-refractivity contribution in [2.75, 3.05) is 0 Å². The van der Waals surface area contributed by atoms with E-state index in [1.54, 1.807) is 11.8 Å². The second kappa shape index (κ2) is 5.09. The van der Waals surface area contributed by atoms with Crippen LogP contribution in [-0.4, -0.2) is 11.4 Å². The Morgan fingerprint density at radius 2 is 1.62 bits per heavy atom. The highest BCUT2D eigenvalue weighted by molar-refractivity contribution is 5.90. The maximum Gasteiger partial charge on any atom is 0.0571 e. The van der Waals surface area contributed by atoms with Crippen molar-refractivity contribution in [2.24, 2.45) is 5.10 Å². The molecule has 0 fully saturated rings. The van der Waals surface area contributed by atoms with Gasteiger partial charge in [0.05, 0.1) is 6.21 Å². The van der Waals surface area contributed by atoms with Gasteiger partial charge in [-0.25, -0.2) is 0 Å². The molecule has 0 amide bonds. The van der Waals surface area contributed by atoms with Crippen molar-refractivity contribution in [3.8, 4) is 11.1 Å². The molecule has 0 aliphatic carbocycles. The molecule has 0 bridgehead atoms. The molecule has 0 spiro atoms. The van der Waals surface area contributed by atoms with Gasteiger partial charge in [0.2, 0.25) is 0 Å². The van der Waals surface area contributed by atoms with E-state index in [9.17, 15) is 0 Å². The van der Waals surface area contributed by atoms with Crippen LogP contribution < -0.4 is 5.59 Å². The van der Waals surface area contributed by atoms with Crippen molar-refractivity contribution in [1.82, 2.24) is 5.59 Å². The van der Waals surface area contributed by atoms with Crippen molar-refractivity contribution in [1.29, 1.82) is 0 Å². The van der Waals surface area contributed by atoms with Crippen molar-refractivity contribution >= 4 is 6.21 Å². The zero-order valence-corrected chi connectivity index (χ0v) is 8.67. The Labute approximate surface area is 94.0 Å². The second-order valence-corrected chi connectivity index (χ2v) is 3.31. The third kappa shape index (κ3) is 2.27. The SMILES string of the molecule is ONN=Cc1ccccc1-c1ccccc1. The molecular formula is C13H12N2O. The first-order valence-electron chi connectivity index (χ1n) is 4.98. The molecule has 80 valence electrons. The van der Waals surface area contributed by atoms with Crippen LogP contribution in [0.25, 0.3) is 11.1 Å². The first-order valence-corrected chi connectivity index (χ1v) is 4.98. The van der Waals surface area contributed by atoms with E-state index < -0.39 is 0 Å². The molecule has 0 aliphatic heterocycles. The molecule has 2 aromatic carbocycles.